The molecule has 0 fully saturated rings. The van der Waals surface area contributed by atoms with E-state index in [4.69, 9.17) is 27.9 Å². The van der Waals surface area contributed by atoms with Crippen LogP contribution in [0, 0.1) is 5.82 Å². The van der Waals surface area contributed by atoms with Crippen LogP contribution in [-0.2, 0) is 20.9 Å². The molecule has 2 rings (SSSR count). The molecule has 0 atom stereocenters. The van der Waals surface area contributed by atoms with E-state index in [9.17, 15) is 14.0 Å². The van der Waals surface area contributed by atoms with E-state index in [0.717, 1.165) is 11.6 Å². The molecular weight excluding hydrogens is 368 g/mol. The number of ether oxygens (including phenoxy) is 1. The van der Waals surface area contributed by atoms with Gasteiger partial charge in [-0.3, -0.25) is 4.79 Å². The molecule has 0 aliphatic rings. The van der Waals surface area contributed by atoms with Gasteiger partial charge in [0.1, 0.15) is 5.82 Å². The average Bonchev–Trinajstić information content (AvgIpc) is 2.59. The van der Waals surface area contributed by atoms with Gasteiger partial charge in [-0.05, 0) is 41.5 Å². The van der Waals surface area contributed by atoms with Gasteiger partial charge in [-0.15, -0.1) is 0 Å². The number of hydrogen-bond donors (Lipinski definition) is 1. The molecule has 0 saturated carbocycles. The van der Waals surface area contributed by atoms with Crippen molar-refractivity contribution in [1.82, 2.24) is 5.32 Å². The number of halogens is 3. The van der Waals surface area contributed by atoms with Gasteiger partial charge in [-0.25, -0.2) is 9.18 Å². The normalized spacial score (nSPS) is 10.7. The summed E-state index contributed by atoms with van der Waals surface area (Å²) >= 11 is 11.5. The van der Waals surface area contributed by atoms with Crippen LogP contribution < -0.4 is 5.32 Å². The molecule has 0 radical (unpaired) electrons. The third-order valence-corrected chi connectivity index (χ3v) is 3.60. The van der Waals surface area contributed by atoms with Gasteiger partial charge >= 0.3 is 5.97 Å². The van der Waals surface area contributed by atoms with E-state index < -0.39 is 24.3 Å². The SMILES string of the molecule is O=C(COC(=O)/C=C/c1ccc(F)c(Cl)c1)NCc1cccc(Cl)c1. The quantitative estimate of drug-likeness (QED) is 0.607. The van der Waals surface area contributed by atoms with Crippen LogP contribution >= 0.6 is 23.2 Å². The number of hydrogen-bond acceptors (Lipinski definition) is 3. The first kappa shape index (κ1) is 19.0. The predicted molar refractivity (Wildman–Crippen MR) is 94.7 cm³/mol. The fraction of sp³-hybridized carbons (Fsp3) is 0.111. The van der Waals surface area contributed by atoms with Gasteiger partial charge in [0.2, 0.25) is 0 Å². The number of benzene rings is 2. The predicted octanol–water partition coefficient (Wildman–Crippen LogP) is 4.01. The molecule has 0 heterocycles. The van der Waals surface area contributed by atoms with E-state index in [-0.39, 0.29) is 11.6 Å². The summed E-state index contributed by atoms with van der Waals surface area (Å²) in [6, 6.07) is 11.1. The van der Waals surface area contributed by atoms with Crippen molar-refractivity contribution >= 4 is 41.2 Å². The minimum Gasteiger partial charge on any atom is -0.452 e. The van der Waals surface area contributed by atoms with Crippen LogP contribution in [0.4, 0.5) is 4.39 Å². The molecular formula is C18H14Cl2FNO3. The van der Waals surface area contributed by atoms with E-state index in [1.165, 1.54) is 24.3 Å². The molecule has 25 heavy (non-hydrogen) atoms. The summed E-state index contributed by atoms with van der Waals surface area (Å²) in [5.74, 6) is -1.68. The number of rotatable bonds is 6. The standard InChI is InChI=1S/C18H14Cl2FNO3/c19-14-3-1-2-13(8-14)10-22-17(23)11-25-18(24)7-5-12-4-6-16(21)15(20)9-12/h1-9H,10-11H2,(H,22,23)/b7-5+. The molecule has 0 saturated heterocycles. The van der Waals surface area contributed by atoms with Crippen molar-refractivity contribution in [3.63, 3.8) is 0 Å². The van der Waals surface area contributed by atoms with Crippen LogP contribution in [0.25, 0.3) is 6.08 Å². The fourth-order valence-electron chi connectivity index (χ4n) is 1.86. The number of amides is 1. The molecule has 1 amide bonds. The Kier molecular flexibility index (Phi) is 6.98. The lowest BCUT2D eigenvalue weighted by Crippen LogP contribution is -2.28. The second-order valence-corrected chi connectivity index (χ2v) is 5.86. The van der Waals surface area contributed by atoms with Gasteiger partial charge in [-0.2, -0.15) is 0 Å². The van der Waals surface area contributed by atoms with E-state index in [1.54, 1.807) is 18.2 Å². The van der Waals surface area contributed by atoms with Crippen LogP contribution in [0.5, 0.6) is 0 Å². The first-order valence-corrected chi connectivity index (χ1v) is 8.00. The van der Waals surface area contributed by atoms with Crippen LogP contribution in [0.2, 0.25) is 10.0 Å². The second-order valence-electron chi connectivity index (χ2n) is 5.02. The molecule has 7 heteroatoms. The minimum absolute atomic E-state index is 0.0455. The largest absolute Gasteiger partial charge is 0.452 e. The number of carbonyl (C=O) groups is 2. The molecule has 2 aromatic rings. The van der Waals surface area contributed by atoms with Gasteiger partial charge in [0.05, 0.1) is 5.02 Å². The maximum atomic E-state index is 13.0. The molecule has 0 aliphatic heterocycles. The van der Waals surface area contributed by atoms with Crippen molar-refractivity contribution in [2.24, 2.45) is 0 Å². The Morgan fingerprint density at radius 1 is 1.16 bits per heavy atom. The monoisotopic (exact) mass is 381 g/mol. The van der Waals surface area contributed by atoms with Crippen molar-refractivity contribution in [3.8, 4) is 0 Å². The van der Waals surface area contributed by atoms with Gasteiger partial charge in [0.25, 0.3) is 5.91 Å². The maximum absolute atomic E-state index is 13.0. The highest BCUT2D eigenvalue weighted by molar-refractivity contribution is 6.31. The molecule has 1 N–H and O–H groups in total. The van der Waals surface area contributed by atoms with E-state index in [0.29, 0.717) is 10.6 Å². The topological polar surface area (TPSA) is 55.4 Å². The summed E-state index contributed by atoms with van der Waals surface area (Å²) < 4.78 is 17.8. The summed E-state index contributed by atoms with van der Waals surface area (Å²) in [7, 11) is 0. The molecule has 0 bridgehead atoms. The Bertz CT molecular complexity index is 809. The minimum atomic E-state index is -0.696. The van der Waals surface area contributed by atoms with Crippen molar-refractivity contribution in [1.29, 1.82) is 0 Å². The second kappa shape index (κ2) is 9.20. The molecule has 0 spiro atoms. The van der Waals surface area contributed by atoms with Crippen molar-refractivity contribution in [3.05, 3.63) is 75.5 Å². The molecule has 0 aliphatic carbocycles. The Balaban J connectivity index is 1.76. The lowest BCUT2D eigenvalue weighted by molar-refractivity contribution is -0.143. The van der Waals surface area contributed by atoms with Crippen LogP contribution in [-0.4, -0.2) is 18.5 Å². The highest BCUT2D eigenvalue weighted by atomic mass is 35.5. The first-order chi connectivity index (χ1) is 11.9. The number of esters is 1. The van der Waals surface area contributed by atoms with E-state index in [1.807, 2.05) is 6.07 Å². The van der Waals surface area contributed by atoms with Gasteiger partial charge in [-0.1, -0.05) is 41.4 Å². The number of carbonyl (C=O) groups excluding carboxylic acids is 2. The third-order valence-electron chi connectivity index (χ3n) is 3.08. The zero-order valence-corrected chi connectivity index (χ0v) is 14.5. The molecule has 0 aromatic heterocycles. The van der Waals surface area contributed by atoms with Crippen molar-refractivity contribution < 1.29 is 18.7 Å². The summed E-state index contributed by atoms with van der Waals surface area (Å²) in [5, 5.41) is 3.14. The van der Waals surface area contributed by atoms with Gasteiger partial charge < -0.3 is 10.1 Å². The Labute approximate surface area is 154 Å². The Hall–Kier alpha value is -2.37. The highest BCUT2D eigenvalue weighted by Crippen LogP contribution is 2.16. The lowest BCUT2D eigenvalue weighted by atomic mass is 10.2. The lowest BCUT2D eigenvalue weighted by Gasteiger charge is -2.06. The maximum Gasteiger partial charge on any atom is 0.331 e. The first-order valence-electron chi connectivity index (χ1n) is 7.25. The zero-order valence-electron chi connectivity index (χ0n) is 13.0. The van der Waals surface area contributed by atoms with Crippen LogP contribution in [0.3, 0.4) is 0 Å². The van der Waals surface area contributed by atoms with Crippen molar-refractivity contribution in [2.75, 3.05) is 6.61 Å². The molecule has 0 unspecified atom stereocenters. The summed E-state index contributed by atoms with van der Waals surface area (Å²) in [6.45, 7) is -0.130. The fourth-order valence-corrected chi connectivity index (χ4v) is 2.27. The van der Waals surface area contributed by atoms with Crippen LogP contribution in [0.1, 0.15) is 11.1 Å². The van der Waals surface area contributed by atoms with Gasteiger partial charge in [0.15, 0.2) is 6.61 Å². The highest BCUT2D eigenvalue weighted by Gasteiger charge is 2.05. The zero-order chi connectivity index (χ0) is 18.2. The van der Waals surface area contributed by atoms with Crippen molar-refractivity contribution in [2.45, 2.75) is 6.54 Å². The third kappa shape index (κ3) is 6.57. The van der Waals surface area contributed by atoms with Gasteiger partial charge in [0, 0.05) is 17.6 Å². The summed E-state index contributed by atoms with van der Waals surface area (Å²) in [6.07, 6.45) is 2.55. The van der Waals surface area contributed by atoms with E-state index >= 15 is 0 Å². The number of nitrogens with one attached hydrogen (secondary N) is 1. The average molecular weight is 382 g/mol. The summed E-state index contributed by atoms with van der Waals surface area (Å²) in [5.41, 5.74) is 1.37. The van der Waals surface area contributed by atoms with Crippen LogP contribution in [0.15, 0.2) is 48.5 Å². The smallest absolute Gasteiger partial charge is 0.331 e. The molecule has 4 nitrogen and oxygen atoms in total. The Morgan fingerprint density at radius 2 is 1.96 bits per heavy atom. The molecule has 2 aromatic carbocycles. The summed E-state index contributed by atoms with van der Waals surface area (Å²) in [4.78, 5) is 23.2. The molecule has 130 valence electrons. The van der Waals surface area contributed by atoms with E-state index in [2.05, 4.69) is 5.32 Å². The Morgan fingerprint density at radius 3 is 2.68 bits per heavy atom.